The van der Waals surface area contributed by atoms with Gasteiger partial charge in [0.2, 0.25) is 17.8 Å². The van der Waals surface area contributed by atoms with Gasteiger partial charge in [0.25, 0.3) is 0 Å². The molecule has 4 aliphatic rings. The molecule has 13 nitrogen and oxygen atoms in total. The Morgan fingerprint density at radius 1 is 0.714 bits per heavy atom. The van der Waals surface area contributed by atoms with Gasteiger partial charge in [-0.2, -0.15) is 0 Å². The van der Waals surface area contributed by atoms with Crippen molar-refractivity contribution in [3.63, 3.8) is 0 Å². The number of aromatic nitrogens is 2. The fourth-order valence-corrected chi connectivity index (χ4v) is 10.4. The first-order valence-corrected chi connectivity index (χ1v) is 21.2. The number of hydrogen-bond acceptors (Lipinski definition) is 10. The number of urea groups is 1. The lowest BCUT2D eigenvalue weighted by atomic mass is 9.65. The van der Waals surface area contributed by atoms with Gasteiger partial charge in [-0.15, -0.1) is 0 Å². The standard InChI is InChI=1S/C50H45N7O6/c1-32(33-14-5-2-6-15-33)53-49(62)56-39-21-12-11-20-38(39)50(47(56)61)40(45(59)54-28-30-55(31-29-54)48-51-26-13-27-52-48)42-46(60)63-43(35-18-9-4-10-19-35)41(34-16-7-3-8-17-34)57(42)44(50)36-22-24-37(58)25-23-36/h2-27,32,40-44,58H,28-31H2,1H3,(H,53,62)/t32-,40+,41+,42+,43-,44-,50+/m1/s1. The average molecular weight is 840 g/mol. The number of cyclic esters (lactones) is 1. The van der Waals surface area contributed by atoms with Crippen LogP contribution in [-0.2, 0) is 24.5 Å². The lowest BCUT2D eigenvalue weighted by Crippen LogP contribution is -2.59. The van der Waals surface area contributed by atoms with Gasteiger partial charge in [0.15, 0.2) is 0 Å². The summed E-state index contributed by atoms with van der Waals surface area (Å²) in [5.41, 5.74) is 1.85. The van der Waals surface area contributed by atoms with E-state index in [4.69, 9.17) is 4.74 Å². The average Bonchev–Trinajstić information content (AvgIpc) is 3.79. The van der Waals surface area contributed by atoms with Crippen LogP contribution in [0.2, 0.25) is 0 Å². The van der Waals surface area contributed by atoms with Crippen molar-refractivity contribution < 1.29 is 29.0 Å². The summed E-state index contributed by atoms with van der Waals surface area (Å²) < 4.78 is 6.58. The summed E-state index contributed by atoms with van der Waals surface area (Å²) in [6, 6.07) is 39.8. The molecular weight excluding hydrogens is 795 g/mol. The lowest BCUT2D eigenvalue weighted by Gasteiger charge is -2.46. The van der Waals surface area contributed by atoms with E-state index < -0.39 is 65.4 Å². The van der Waals surface area contributed by atoms with Gasteiger partial charge in [0.1, 0.15) is 23.3 Å². The first kappa shape index (κ1) is 39.7. The van der Waals surface area contributed by atoms with Gasteiger partial charge in [0, 0.05) is 38.6 Å². The number of ether oxygens (including phenoxy) is 1. The third-order valence-electron chi connectivity index (χ3n) is 13.1. The molecule has 5 heterocycles. The first-order chi connectivity index (χ1) is 30.8. The predicted octanol–water partition coefficient (Wildman–Crippen LogP) is 6.67. The Morgan fingerprint density at radius 3 is 1.98 bits per heavy atom. The highest BCUT2D eigenvalue weighted by atomic mass is 16.6. The van der Waals surface area contributed by atoms with E-state index in [1.165, 1.54) is 0 Å². The molecule has 3 fully saturated rings. The number of nitrogens with one attached hydrogen (secondary N) is 1. The minimum atomic E-state index is -1.86. The SMILES string of the molecule is C[C@@H](NC(=O)N1C(=O)[C@@]2(c3ccccc31)[C@H](C(=O)N1CCN(c3ncccn3)CC1)[C@H]1C(=O)O[C@H](c3ccccc3)[C@H](c3ccccc3)N1[C@@H]2c1ccc(O)cc1)c1ccccc1. The fraction of sp³-hybridized carbons (Fsp3) is 0.240. The Labute approximate surface area is 364 Å². The number of aromatic hydroxyl groups is 1. The second kappa shape index (κ2) is 16.1. The van der Waals surface area contributed by atoms with Gasteiger partial charge in [-0.3, -0.25) is 19.3 Å². The molecule has 10 rings (SSSR count). The minimum Gasteiger partial charge on any atom is -0.508 e. The summed E-state index contributed by atoms with van der Waals surface area (Å²) in [6.45, 7) is 3.20. The molecule has 6 aromatic rings. The molecule has 1 aromatic heterocycles. The molecule has 3 saturated heterocycles. The monoisotopic (exact) mass is 839 g/mol. The third kappa shape index (κ3) is 6.58. The number of hydrogen-bond donors (Lipinski definition) is 2. The van der Waals surface area contributed by atoms with Crippen LogP contribution in [0.25, 0.3) is 0 Å². The smallest absolute Gasteiger partial charge is 0.329 e. The Balaban J connectivity index is 1.19. The molecule has 4 aliphatic heterocycles. The highest BCUT2D eigenvalue weighted by molar-refractivity contribution is 6.24. The Bertz CT molecular complexity index is 2650. The van der Waals surface area contributed by atoms with Crippen molar-refractivity contribution in [1.29, 1.82) is 0 Å². The summed E-state index contributed by atoms with van der Waals surface area (Å²) in [4.78, 5) is 78.1. The number of piperazine rings is 1. The fourth-order valence-electron chi connectivity index (χ4n) is 10.4. The maximum absolute atomic E-state index is 16.3. The van der Waals surface area contributed by atoms with Crippen molar-refractivity contribution in [1.82, 2.24) is 25.1 Å². The number of carbonyl (C=O) groups is 4. The van der Waals surface area contributed by atoms with Crippen molar-refractivity contribution in [2.24, 2.45) is 5.92 Å². The van der Waals surface area contributed by atoms with Crippen molar-refractivity contribution in [2.45, 2.75) is 42.6 Å². The number of fused-ring (bicyclic) bond motifs is 3. The number of carbonyl (C=O) groups excluding carboxylic acids is 4. The predicted molar refractivity (Wildman–Crippen MR) is 234 cm³/mol. The number of rotatable bonds is 7. The van der Waals surface area contributed by atoms with E-state index in [1.807, 2.05) is 108 Å². The van der Waals surface area contributed by atoms with Crippen LogP contribution in [-0.4, -0.2) is 80.9 Å². The zero-order valence-electron chi connectivity index (χ0n) is 34.5. The molecule has 0 bridgehead atoms. The number of esters is 1. The molecule has 0 unspecified atom stereocenters. The van der Waals surface area contributed by atoms with Crippen LogP contribution in [0.3, 0.4) is 0 Å². The number of nitrogens with zero attached hydrogens (tertiary/aromatic N) is 6. The molecule has 0 radical (unpaired) electrons. The van der Waals surface area contributed by atoms with Gasteiger partial charge in [-0.25, -0.2) is 19.7 Å². The van der Waals surface area contributed by atoms with Crippen LogP contribution >= 0.6 is 0 Å². The van der Waals surface area contributed by atoms with Crippen LogP contribution in [0.4, 0.5) is 16.4 Å². The molecule has 7 atom stereocenters. The molecule has 0 aliphatic carbocycles. The largest absolute Gasteiger partial charge is 0.508 e. The maximum Gasteiger partial charge on any atom is 0.329 e. The van der Waals surface area contributed by atoms with Crippen LogP contribution in [0, 0.1) is 5.92 Å². The Kier molecular flexibility index (Phi) is 10.2. The summed E-state index contributed by atoms with van der Waals surface area (Å²) in [7, 11) is 0. The highest BCUT2D eigenvalue weighted by Gasteiger charge is 2.76. The molecule has 63 heavy (non-hydrogen) atoms. The second-order valence-electron chi connectivity index (χ2n) is 16.5. The summed E-state index contributed by atoms with van der Waals surface area (Å²) in [5.74, 6) is -2.53. The van der Waals surface area contributed by atoms with E-state index in [0.717, 1.165) is 21.6 Å². The van der Waals surface area contributed by atoms with Crippen LogP contribution in [0.1, 0.15) is 59.0 Å². The van der Waals surface area contributed by atoms with E-state index in [2.05, 4.69) is 15.3 Å². The van der Waals surface area contributed by atoms with Gasteiger partial charge in [-0.05, 0) is 59.0 Å². The summed E-state index contributed by atoms with van der Waals surface area (Å²) >= 11 is 0. The van der Waals surface area contributed by atoms with E-state index in [0.29, 0.717) is 35.9 Å². The molecule has 13 heteroatoms. The van der Waals surface area contributed by atoms with Crippen LogP contribution in [0.5, 0.6) is 5.75 Å². The number of phenols is 1. The Morgan fingerprint density at radius 2 is 1.32 bits per heavy atom. The van der Waals surface area contributed by atoms with Gasteiger partial charge >= 0.3 is 12.0 Å². The molecule has 2 N–H and O–H groups in total. The molecule has 0 saturated carbocycles. The normalized spacial score (nSPS) is 24.7. The van der Waals surface area contributed by atoms with Crippen molar-refractivity contribution >= 4 is 35.5 Å². The zero-order valence-corrected chi connectivity index (χ0v) is 34.5. The van der Waals surface area contributed by atoms with Gasteiger partial charge in [0.05, 0.1) is 29.7 Å². The number of amides is 4. The lowest BCUT2D eigenvalue weighted by molar-refractivity contribution is -0.179. The number of benzene rings is 5. The summed E-state index contributed by atoms with van der Waals surface area (Å²) in [6.07, 6.45) is 2.49. The number of morpholine rings is 1. The van der Waals surface area contributed by atoms with Crippen molar-refractivity contribution in [2.75, 3.05) is 36.0 Å². The van der Waals surface area contributed by atoms with E-state index in [-0.39, 0.29) is 18.8 Å². The molecule has 316 valence electrons. The highest BCUT2D eigenvalue weighted by Crippen LogP contribution is 2.66. The van der Waals surface area contributed by atoms with E-state index in [1.54, 1.807) is 71.9 Å². The Hall–Kier alpha value is -7.38. The molecular formula is C50H45N7O6. The van der Waals surface area contributed by atoms with Crippen LogP contribution in [0.15, 0.2) is 158 Å². The quantitative estimate of drug-likeness (QED) is 0.167. The molecule has 1 spiro atoms. The summed E-state index contributed by atoms with van der Waals surface area (Å²) in [5, 5.41) is 13.7. The van der Waals surface area contributed by atoms with E-state index in [9.17, 15) is 9.90 Å². The zero-order chi connectivity index (χ0) is 43.2. The van der Waals surface area contributed by atoms with Gasteiger partial charge in [-0.1, -0.05) is 121 Å². The first-order valence-electron chi connectivity index (χ1n) is 21.2. The van der Waals surface area contributed by atoms with Crippen molar-refractivity contribution in [3.05, 3.63) is 186 Å². The number of anilines is 2. The number of para-hydroxylation sites is 1. The molecule has 4 amide bonds. The van der Waals surface area contributed by atoms with E-state index >= 15 is 14.4 Å². The topological polar surface area (TPSA) is 149 Å². The third-order valence-corrected chi connectivity index (χ3v) is 13.1. The number of imide groups is 1. The maximum atomic E-state index is 16.3. The molecule has 5 aromatic carbocycles. The second-order valence-corrected chi connectivity index (χ2v) is 16.5. The minimum absolute atomic E-state index is 0.00381. The number of phenolic OH excluding ortho intramolecular Hbond substituents is 1. The van der Waals surface area contributed by atoms with Crippen molar-refractivity contribution in [3.8, 4) is 5.75 Å². The van der Waals surface area contributed by atoms with Gasteiger partial charge < -0.3 is 25.0 Å². The van der Waals surface area contributed by atoms with Crippen LogP contribution < -0.4 is 15.1 Å².